The highest BCUT2D eigenvalue weighted by Crippen LogP contribution is 2.10. The van der Waals surface area contributed by atoms with Gasteiger partial charge in [-0.2, -0.15) is 0 Å². The maximum Gasteiger partial charge on any atom is 0.321 e. The van der Waals surface area contributed by atoms with Crippen molar-refractivity contribution in [1.29, 1.82) is 0 Å². The second-order valence-corrected chi connectivity index (χ2v) is 3.23. The van der Waals surface area contributed by atoms with Crippen molar-refractivity contribution in [2.75, 3.05) is 5.88 Å². The quantitative estimate of drug-likeness (QED) is 0.404. The fourth-order valence-electron chi connectivity index (χ4n) is 0.618. The summed E-state index contributed by atoms with van der Waals surface area (Å²) in [5.41, 5.74) is 0. The monoisotopic (exact) mass is 212 g/mol. The van der Waals surface area contributed by atoms with Gasteiger partial charge in [0.2, 0.25) is 0 Å². The van der Waals surface area contributed by atoms with Crippen LogP contribution in [0.25, 0.3) is 0 Å². The third-order valence-electron chi connectivity index (χ3n) is 1.20. The summed E-state index contributed by atoms with van der Waals surface area (Å²) in [6, 6.07) is 0. The number of rotatable bonds is 4. The molecule has 5 heteroatoms. The zero-order valence-corrected chi connectivity index (χ0v) is 8.35. The third kappa shape index (κ3) is 3.93. The van der Waals surface area contributed by atoms with Crippen LogP contribution in [0.15, 0.2) is 0 Å². The Kier molecular flexibility index (Phi) is 5.25. The summed E-state index contributed by atoms with van der Waals surface area (Å²) in [5, 5.41) is -0.677. The highest BCUT2D eigenvalue weighted by Gasteiger charge is 2.24. The van der Waals surface area contributed by atoms with Crippen LogP contribution in [0.3, 0.4) is 0 Å². The van der Waals surface area contributed by atoms with Crippen molar-refractivity contribution in [3.63, 3.8) is 0 Å². The summed E-state index contributed by atoms with van der Waals surface area (Å²) in [4.78, 5) is 21.3. The van der Waals surface area contributed by atoms with Crippen molar-refractivity contribution in [3.05, 3.63) is 0 Å². The average Bonchev–Trinajstić information content (AvgIpc) is 1.98. The van der Waals surface area contributed by atoms with E-state index in [0.717, 1.165) is 0 Å². The van der Waals surface area contributed by atoms with Crippen LogP contribution in [0.1, 0.15) is 13.8 Å². The lowest BCUT2D eigenvalue weighted by atomic mass is 10.1. The Morgan fingerprint density at radius 1 is 1.42 bits per heavy atom. The first-order valence-corrected chi connectivity index (χ1v) is 4.35. The lowest BCUT2D eigenvalue weighted by Gasteiger charge is -2.16. The molecule has 0 amide bonds. The second kappa shape index (κ2) is 5.38. The van der Waals surface area contributed by atoms with E-state index in [9.17, 15) is 9.59 Å². The lowest BCUT2D eigenvalue weighted by molar-refractivity contribution is -0.152. The number of esters is 1. The molecular formula is C7H10Cl2O3. The lowest BCUT2D eigenvalue weighted by Crippen LogP contribution is -2.29. The van der Waals surface area contributed by atoms with Gasteiger partial charge in [-0.05, 0) is 17.5 Å². The Morgan fingerprint density at radius 2 is 1.92 bits per heavy atom. The van der Waals surface area contributed by atoms with E-state index in [1.807, 2.05) is 0 Å². The molecule has 0 radical (unpaired) electrons. The molecule has 3 nitrogen and oxygen atoms in total. The van der Waals surface area contributed by atoms with Crippen LogP contribution in [0, 0.1) is 5.92 Å². The standard InChI is InChI=1S/C7H10Cl2O3/c1-4(2)6(7(9)11)12-5(10)3-8/h4,6H,3H2,1-2H3/t6-/m0/s1. The van der Waals surface area contributed by atoms with Gasteiger partial charge < -0.3 is 4.74 Å². The van der Waals surface area contributed by atoms with Gasteiger partial charge in [0.1, 0.15) is 5.88 Å². The largest absolute Gasteiger partial charge is 0.452 e. The van der Waals surface area contributed by atoms with E-state index in [0.29, 0.717) is 0 Å². The molecule has 0 bridgehead atoms. The van der Waals surface area contributed by atoms with E-state index in [4.69, 9.17) is 23.2 Å². The minimum Gasteiger partial charge on any atom is -0.452 e. The van der Waals surface area contributed by atoms with Gasteiger partial charge in [0.05, 0.1) is 0 Å². The fraction of sp³-hybridized carbons (Fsp3) is 0.714. The van der Waals surface area contributed by atoms with Crippen LogP contribution in [0.5, 0.6) is 0 Å². The number of hydrogen-bond donors (Lipinski definition) is 0. The molecule has 0 aliphatic heterocycles. The maximum absolute atomic E-state index is 10.7. The molecule has 1 atom stereocenters. The van der Waals surface area contributed by atoms with E-state index in [2.05, 4.69) is 4.74 Å². The summed E-state index contributed by atoms with van der Waals surface area (Å²) in [6.45, 7) is 3.46. The minimum atomic E-state index is -0.891. The summed E-state index contributed by atoms with van der Waals surface area (Å²) in [7, 11) is 0. The molecule has 0 rings (SSSR count). The molecule has 12 heavy (non-hydrogen) atoms. The molecular weight excluding hydrogens is 203 g/mol. The summed E-state index contributed by atoms with van der Waals surface area (Å²) in [5.74, 6) is -1.04. The number of carbonyl (C=O) groups excluding carboxylic acids is 2. The van der Waals surface area contributed by atoms with Gasteiger partial charge in [0, 0.05) is 0 Å². The Balaban J connectivity index is 4.14. The van der Waals surface area contributed by atoms with E-state index in [-0.39, 0.29) is 11.8 Å². The molecule has 0 aromatic heterocycles. The molecule has 0 heterocycles. The third-order valence-corrected chi connectivity index (χ3v) is 1.63. The van der Waals surface area contributed by atoms with Crippen molar-refractivity contribution in [1.82, 2.24) is 0 Å². The van der Waals surface area contributed by atoms with Crippen LogP contribution >= 0.6 is 23.2 Å². The first-order chi connectivity index (χ1) is 5.49. The van der Waals surface area contributed by atoms with Crippen LogP contribution < -0.4 is 0 Å². The van der Waals surface area contributed by atoms with Gasteiger partial charge in [-0.3, -0.25) is 9.59 Å². The highest BCUT2D eigenvalue weighted by atomic mass is 35.5. The van der Waals surface area contributed by atoms with Crippen molar-refractivity contribution in [2.45, 2.75) is 20.0 Å². The van der Waals surface area contributed by atoms with Crippen molar-refractivity contribution >= 4 is 34.4 Å². The molecule has 0 aromatic rings. The van der Waals surface area contributed by atoms with E-state index >= 15 is 0 Å². The van der Waals surface area contributed by atoms with Crippen molar-refractivity contribution in [2.24, 2.45) is 5.92 Å². The average molecular weight is 213 g/mol. The predicted molar refractivity (Wildman–Crippen MR) is 46.3 cm³/mol. The Bertz CT molecular complexity index is 179. The molecule has 0 aliphatic carbocycles. The molecule has 0 unspecified atom stereocenters. The number of hydrogen-bond acceptors (Lipinski definition) is 3. The summed E-state index contributed by atoms with van der Waals surface area (Å²) >= 11 is 10.4. The number of ether oxygens (including phenoxy) is 1. The SMILES string of the molecule is CC(C)[C@H](OC(=O)CCl)C(=O)Cl. The normalized spacial score (nSPS) is 12.8. The Hall–Kier alpha value is -0.280. The highest BCUT2D eigenvalue weighted by molar-refractivity contribution is 6.64. The number of carbonyl (C=O) groups is 2. The van der Waals surface area contributed by atoms with Gasteiger partial charge in [0.15, 0.2) is 6.10 Å². The molecule has 0 saturated carbocycles. The first-order valence-electron chi connectivity index (χ1n) is 3.43. The molecule has 70 valence electrons. The minimum absolute atomic E-state index is 0.137. The number of alkyl halides is 1. The van der Waals surface area contributed by atoms with Crippen LogP contribution in [-0.2, 0) is 14.3 Å². The topological polar surface area (TPSA) is 43.4 Å². The van der Waals surface area contributed by atoms with Crippen LogP contribution in [0.2, 0.25) is 0 Å². The Morgan fingerprint density at radius 3 is 2.17 bits per heavy atom. The van der Waals surface area contributed by atoms with Crippen LogP contribution in [0.4, 0.5) is 0 Å². The van der Waals surface area contributed by atoms with Gasteiger partial charge >= 0.3 is 5.97 Å². The summed E-state index contributed by atoms with van der Waals surface area (Å²) in [6.07, 6.45) is -0.891. The molecule has 0 spiro atoms. The Labute approximate surface area is 81.0 Å². The van der Waals surface area contributed by atoms with E-state index in [1.165, 1.54) is 0 Å². The molecule has 0 N–H and O–H groups in total. The smallest absolute Gasteiger partial charge is 0.321 e. The van der Waals surface area contributed by atoms with Gasteiger partial charge in [-0.25, -0.2) is 0 Å². The zero-order chi connectivity index (χ0) is 9.72. The van der Waals surface area contributed by atoms with E-state index in [1.54, 1.807) is 13.8 Å². The van der Waals surface area contributed by atoms with Crippen LogP contribution in [-0.4, -0.2) is 23.2 Å². The predicted octanol–water partition coefficient (Wildman–Crippen LogP) is 1.56. The fourth-order valence-corrected chi connectivity index (χ4v) is 0.977. The molecule has 0 saturated heterocycles. The molecule has 0 fully saturated rings. The second-order valence-electron chi connectivity index (χ2n) is 2.59. The number of halogens is 2. The van der Waals surface area contributed by atoms with Crippen molar-refractivity contribution in [3.8, 4) is 0 Å². The van der Waals surface area contributed by atoms with Gasteiger partial charge in [-0.1, -0.05) is 13.8 Å². The van der Waals surface area contributed by atoms with Gasteiger partial charge in [0.25, 0.3) is 5.24 Å². The first kappa shape index (κ1) is 11.7. The van der Waals surface area contributed by atoms with E-state index < -0.39 is 17.3 Å². The molecule has 0 aromatic carbocycles. The zero-order valence-electron chi connectivity index (χ0n) is 6.84. The summed E-state index contributed by atoms with van der Waals surface area (Å²) < 4.78 is 4.67. The molecule has 0 aliphatic rings. The maximum atomic E-state index is 10.7. The van der Waals surface area contributed by atoms with Crippen molar-refractivity contribution < 1.29 is 14.3 Å². The van der Waals surface area contributed by atoms with Gasteiger partial charge in [-0.15, -0.1) is 11.6 Å².